The first-order valence-corrected chi connectivity index (χ1v) is 9.33. The van der Waals surface area contributed by atoms with Crippen molar-refractivity contribution in [1.82, 2.24) is 9.80 Å². The fourth-order valence-corrected chi connectivity index (χ4v) is 4.09. The van der Waals surface area contributed by atoms with Gasteiger partial charge < -0.3 is 14.7 Å². The van der Waals surface area contributed by atoms with E-state index in [-0.39, 0.29) is 18.6 Å². The lowest BCUT2D eigenvalue weighted by atomic mass is 9.93. The van der Waals surface area contributed by atoms with Crippen LogP contribution in [0.5, 0.6) is 0 Å². The fraction of sp³-hybridized carbons (Fsp3) is 0.650. The predicted molar refractivity (Wildman–Crippen MR) is 97.4 cm³/mol. The zero-order chi connectivity index (χ0) is 18.0. The van der Waals surface area contributed by atoms with Crippen LogP contribution in [0, 0.1) is 20.8 Å². The first-order valence-electron chi connectivity index (χ1n) is 9.33. The van der Waals surface area contributed by atoms with Gasteiger partial charge in [0.15, 0.2) is 0 Å². The summed E-state index contributed by atoms with van der Waals surface area (Å²) in [5.74, 6) is 0.169. The summed E-state index contributed by atoms with van der Waals surface area (Å²) in [7, 11) is 0. The van der Waals surface area contributed by atoms with E-state index in [0.717, 1.165) is 63.3 Å². The van der Waals surface area contributed by atoms with Gasteiger partial charge in [0.25, 0.3) is 5.91 Å². The highest BCUT2D eigenvalue weighted by Crippen LogP contribution is 2.24. The highest BCUT2D eigenvalue weighted by atomic mass is 16.5. The third-order valence-electron chi connectivity index (χ3n) is 5.72. The van der Waals surface area contributed by atoms with Crippen molar-refractivity contribution < 1.29 is 14.6 Å². The second-order valence-corrected chi connectivity index (χ2v) is 7.35. The molecule has 2 aliphatic heterocycles. The van der Waals surface area contributed by atoms with E-state index in [2.05, 4.69) is 31.7 Å². The smallest absolute Gasteiger partial charge is 0.251 e. The summed E-state index contributed by atoms with van der Waals surface area (Å²) < 4.78 is 5.53. The van der Waals surface area contributed by atoms with E-state index in [1.807, 2.05) is 4.90 Å². The molecule has 0 unspecified atom stereocenters. The number of carbonyl (C=O) groups excluding carboxylic acids is 1. The summed E-state index contributed by atoms with van der Waals surface area (Å²) >= 11 is 0. The molecule has 5 heteroatoms. The van der Waals surface area contributed by atoms with Crippen molar-refractivity contribution >= 4 is 5.91 Å². The number of rotatable bonds is 4. The fourth-order valence-electron chi connectivity index (χ4n) is 4.09. The third-order valence-corrected chi connectivity index (χ3v) is 5.72. The van der Waals surface area contributed by atoms with Crippen LogP contribution in [-0.2, 0) is 22.7 Å². The van der Waals surface area contributed by atoms with Crippen LogP contribution in [0.25, 0.3) is 0 Å². The van der Waals surface area contributed by atoms with Crippen LogP contribution in [0.15, 0.2) is 6.07 Å². The van der Waals surface area contributed by atoms with Gasteiger partial charge in [-0.05, 0) is 61.4 Å². The van der Waals surface area contributed by atoms with Crippen LogP contribution >= 0.6 is 0 Å². The van der Waals surface area contributed by atoms with E-state index in [1.54, 1.807) is 0 Å². The molecular weight excluding hydrogens is 316 g/mol. The SMILES string of the molecule is Cc1cc(C)c(CN2CCN(C(=O)[C@@H]3CCCO3)CC2)c(C)c1CO. The Labute approximate surface area is 150 Å². The van der Waals surface area contributed by atoms with E-state index in [1.165, 1.54) is 16.7 Å². The second-order valence-electron chi connectivity index (χ2n) is 7.35. The molecular formula is C20H30N2O3. The molecule has 3 rings (SSSR count). The van der Waals surface area contributed by atoms with E-state index in [9.17, 15) is 9.90 Å². The summed E-state index contributed by atoms with van der Waals surface area (Å²) in [5, 5.41) is 9.65. The molecule has 0 radical (unpaired) electrons. The monoisotopic (exact) mass is 346 g/mol. The minimum absolute atomic E-state index is 0.0919. The first kappa shape index (κ1) is 18.4. The second kappa shape index (κ2) is 7.85. The van der Waals surface area contributed by atoms with E-state index >= 15 is 0 Å². The van der Waals surface area contributed by atoms with Crippen LogP contribution in [0.1, 0.15) is 40.7 Å². The van der Waals surface area contributed by atoms with Gasteiger partial charge in [-0.15, -0.1) is 0 Å². The Bertz CT molecular complexity index is 630. The average molecular weight is 346 g/mol. The Kier molecular flexibility index (Phi) is 5.77. The number of hydrogen-bond donors (Lipinski definition) is 1. The maximum atomic E-state index is 12.4. The molecule has 1 aromatic rings. The molecule has 2 saturated heterocycles. The van der Waals surface area contributed by atoms with E-state index < -0.39 is 0 Å². The van der Waals surface area contributed by atoms with Crippen molar-refractivity contribution in [3.63, 3.8) is 0 Å². The number of aryl methyl sites for hydroxylation is 2. The molecule has 1 amide bonds. The predicted octanol–water partition coefficient (Wildman–Crippen LogP) is 1.93. The molecule has 0 bridgehead atoms. The van der Waals surface area contributed by atoms with Gasteiger partial charge in [0.05, 0.1) is 6.61 Å². The van der Waals surface area contributed by atoms with E-state index in [4.69, 9.17) is 4.74 Å². The molecule has 2 heterocycles. The highest BCUT2D eigenvalue weighted by molar-refractivity contribution is 5.81. The topological polar surface area (TPSA) is 53.0 Å². The Morgan fingerprint density at radius 2 is 1.84 bits per heavy atom. The standard InChI is InChI=1S/C20H30N2O3/c1-14-11-15(2)18(13-23)16(3)17(14)12-21-6-8-22(9-7-21)20(24)19-5-4-10-25-19/h11,19,23H,4-10,12-13H2,1-3H3/t19-/m0/s1. The van der Waals surface area contributed by atoms with Crippen molar-refractivity contribution in [3.05, 3.63) is 33.9 Å². The lowest BCUT2D eigenvalue weighted by Crippen LogP contribution is -2.51. The molecule has 5 nitrogen and oxygen atoms in total. The van der Waals surface area contributed by atoms with Crippen molar-refractivity contribution in [3.8, 4) is 0 Å². The summed E-state index contributed by atoms with van der Waals surface area (Å²) in [6, 6.07) is 2.17. The summed E-state index contributed by atoms with van der Waals surface area (Å²) in [5.41, 5.74) is 6.01. The van der Waals surface area contributed by atoms with Crippen LogP contribution in [0.3, 0.4) is 0 Å². The number of amides is 1. The largest absolute Gasteiger partial charge is 0.392 e. The van der Waals surface area contributed by atoms with Crippen LogP contribution in [-0.4, -0.2) is 59.7 Å². The molecule has 1 N–H and O–H groups in total. The maximum absolute atomic E-state index is 12.4. The number of hydrogen-bond acceptors (Lipinski definition) is 4. The Morgan fingerprint density at radius 3 is 2.44 bits per heavy atom. The summed E-state index contributed by atoms with van der Waals surface area (Å²) in [4.78, 5) is 16.8. The Hall–Kier alpha value is -1.43. The molecule has 2 aliphatic rings. The highest BCUT2D eigenvalue weighted by Gasteiger charge is 2.30. The van der Waals surface area contributed by atoms with Gasteiger partial charge in [0.2, 0.25) is 0 Å². The number of aliphatic hydroxyl groups excluding tert-OH is 1. The Morgan fingerprint density at radius 1 is 1.16 bits per heavy atom. The number of piperazine rings is 1. The molecule has 1 atom stereocenters. The summed E-state index contributed by atoms with van der Waals surface area (Å²) in [6.07, 6.45) is 1.65. The molecule has 0 aliphatic carbocycles. The van der Waals surface area contributed by atoms with Crippen LogP contribution < -0.4 is 0 Å². The van der Waals surface area contributed by atoms with E-state index in [0.29, 0.717) is 0 Å². The van der Waals surface area contributed by atoms with Crippen LogP contribution in [0.2, 0.25) is 0 Å². The minimum atomic E-state index is -0.208. The van der Waals surface area contributed by atoms with Gasteiger partial charge in [-0.25, -0.2) is 0 Å². The first-order chi connectivity index (χ1) is 12.0. The molecule has 25 heavy (non-hydrogen) atoms. The number of carbonyl (C=O) groups is 1. The molecule has 2 fully saturated rings. The Balaban J connectivity index is 1.62. The average Bonchev–Trinajstić information content (AvgIpc) is 3.13. The lowest BCUT2D eigenvalue weighted by Gasteiger charge is -2.36. The van der Waals surface area contributed by atoms with Crippen molar-refractivity contribution in [2.45, 2.75) is 52.9 Å². The molecule has 1 aromatic carbocycles. The van der Waals surface area contributed by atoms with Crippen molar-refractivity contribution in [2.24, 2.45) is 0 Å². The van der Waals surface area contributed by atoms with Gasteiger partial charge >= 0.3 is 0 Å². The van der Waals surface area contributed by atoms with Crippen molar-refractivity contribution in [2.75, 3.05) is 32.8 Å². The van der Waals surface area contributed by atoms with Gasteiger partial charge in [-0.3, -0.25) is 9.69 Å². The van der Waals surface area contributed by atoms with Crippen LogP contribution in [0.4, 0.5) is 0 Å². The van der Waals surface area contributed by atoms with Gasteiger partial charge in [0, 0.05) is 39.3 Å². The quantitative estimate of drug-likeness (QED) is 0.905. The molecule has 0 spiro atoms. The number of nitrogens with zero attached hydrogens (tertiary/aromatic N) is 2. The third kappa shape index (κ3) is 3.89. The number of benzene rings is 1. The molecule has 138 valence electrons. The molecule has 0 aromatic heterocycles. The number of ether oxygens (including phenoxy) is 1. The lowest BCUT2D eigenvalue weighted by molar-refractivity contribution is -0.142. The zero-order valence-electron chi connectivity index (χ0n) is 15.7. The van der Waals surface area contributed by atoms with Gasteiger partial charge in [-0.2, -0.15) is 0 Å². The number of aliphatic hydroxyl groups is 1. The summed E-state index contributed by atoms with van der Waals surface area (Å²) in [6.45, 7) is 11.3. The maximum Gasteiger partial charge on any atom is 0.251 e. The van der Waals surface area contributed by atoms with Crippen molar-refractivity contribution in [1.29, 1.82) is 0 Å². The van der Waals surface area contributed by atoms with Gasteiger partial charge in [0.1, 0.15) is 6.10 Å². The normalized spacial score (nSPS) is 21.8. The molecule has 0 saturated carbocycles. The minimum Gasteiger partial charge on any atom is -0.392 e. The van der Waals surface area contributed by atoms with Gasteiger partial charge in [-0.1, -0.05) is 6.07 Å². The zero-order valence-corrected chi connectivity index (χ0v) is 15.7.